The van der Waals surface area contributed by atoms with Crippen molar-refractivity contribution in [3.63, 3.8) is 0 Å². The average molecular weight is 464 g/mol. The van der Waals surface area contributed by atoms with Crippen LogP contribution >= 0.6 is 35.2 Å². The number of hydrogen-bond donors (Lipinski definition) is 2. The summed E-state index contributed by atoms with van der Waals surface area (Å²) < 4.78 is 0. The number of nitrogens with one attached hydrogen (secondary N) is 2. The van der Waals surface area contributed by atoms with E-state index in [2.05, 4.69) is 20.9 Å². The van der Waals surface area contributed by atoms with Gasteiger partial charge in [0, 0.05) is 11.3 Å². The van der Waals surface area contributed by atoms with Crippen molar-refractivity contribution < 1.29 is 0 Å². The number of halogens is 1. The van der Waals surface area contributed by atoms with Gasteiger partial charge in [0.2, 0.25) is 0 Å². The molecule has 31 heavy (non-hydrogen) atoms. The van der Waals surface area contributed by atoms with Gasteiger partial charge in [0.1, 0.15) is 5.69 Å². The molecule has 4 rings (SSSR count). The third-order valence-electron chi connectivity index (χ3n) is 4.25. The van der Waals surface area contributed by atoms with Crippen molar-refractivity contribution in [2.45, 2.75) is 6.92 Å². The molecule has 0 fully saturated rings. The monoisotopic (exact) mass is 463 g/mol. The van der Waals surface area contributed by atoms with Crippen molar-refractivity contribution in [2.24, 2.45) is 10.2 Å². The second kappa shape index (κ2) is 9.78. The summed E-state index contributed by atoms with van der Waals surface area (Å²) in [5.41, 5.74) is 4.22. The van der Waals surface area contributed by atoms with E-state index in [1.807, 2.05) is 85.8 Å². The van der Waals surface area contributed by atoms with E-state index in [0.29, 0.717) is 26.0 Å². The number of rotatable bonds is 5. The van der Waals surface area contributed by atoms with Gasteiger partial charge in [-0.25, -0.2) is 4.98 Å². The SMILES string of the molecule is Cc1cccc(N=Nc2sc(NC(=S)Nc3ccccc3)nc2-c2ccccc2Cl)c1. The highest BCUT2D eigenvalue weighted by Crippen LogP contribution is 2.41. The van der Waals surface area contributed by atoms with Crippen molar-refractivity contribution in [3.8, 4) is 11.3 Å². The molecule has 0 aliphatic heterocycles. The van der Waals surface area contributed by atoms with Crippen LogP contribution in [0.4, 0.5) is 21.5 Å². The van der Waals surface area contributed by atoms with E-state index in [1.54, 1.807) is 0 Å². The molecule has 0 aliphatic carbocycles. The molecule has 0 spiro atoms. The van der Waals surface area contributed by atoms with Crippen molar-refractivity contribution in [1.82, 2.24) is 4.98 Å². The van der Waals surface area contributed by atoms with Crippen molar-refractivity contribution >= 4 is 61.8 Å². The van der Waals surface area contributed by atoms with Gasteiger partial charge in [-0.05, 0) is 55.0 Å². The normalized spacial score (nSPS) is 10.9. The maximum Gasteiger partial charge on any atom is 0.191 e. The molecule has 154 valence electrons. The minimum atomic E-state index is 0.438. The molecule has 0 atom stereocenters. The molecule has 1 aromatic heterocycles. The predicted molar refractivity (Wildman–Crippen MR) is 134 cm³/mol. The van der Waals surface area contributed by atoms with Crippen LogP contribution in [-0.4, -0.2) is 10.1 Å². The Morgan fingerprint density at radius 2 is 1.71 bits per heavy atom. The fraction of sp³-hybridized carbons (Fsp3) is 0.0435. The third-order valence-corrected chi connectivity index (χ3v) is 5.64. The Hall–Kier alpha value is -3.13. The molecule has 0 radical (unpaired) electrons. The molecule has 1 heterocycles. The fourth-order valence-corrected chi connectivity index (χ4v) is 4.15. The van der Waals surface area contributed by atoms with Gasteiger partial charge in [-0.3, -0.25) is 0 Å². The number of nitrogens with zero attached hydrogens (tertiary/aromatic N) is 3. The summed E-state index contributed by atoms with van der Waals surface area (Å²) in [7, 11) is 0. The number of thiocarbonyl (C=S) groups is 1. The zero-order valence-corrected chi connectivity index (χ0v) is 18.9. The summed E-state index contributed by atoms with van der Waals surface area (Å²) in [6, 6.07) is 25.1. The number of aromatic nitrogens is 1. The van der Waals surface area contributed by atoms with E-state index >= 15 is 0 Å². The Morgan fingerprint density at radius 3 is 2.48 bits per heavy atom. The van der Waals surface area contributed by atoms with Gasteiger partial charge >= 0.3 is 0 Å². The molecular weight excluding hydrogens is 446 g/mol. The molecule has 0 saturated carbocycles. The first-order chi connectivity index (χ1) is 15.1. The van der Waals surface area contributed by atoms with Crippen LogP contribution in [0.2, 0.25) is 5.02 Å². The molecule has 5 nitrogen and oxygen atoms in total. The molecule has 0 aliphatic rings. The van der Waals surface area contributed by atoms with Gasteiger partial charge in [0.15, 0.2) is 15.2 Å². The van der Waals surface area contributed by atoms with Crippen LogP contribution in [0.1, 0.15) is 5.56 Å². The minimum absolute atomic E-state index is 0.438. The van der Waals surface area contributed by atoms with Crippen LogP contribution in [-0.2, 0) is 0 Å². The number of anilines is 2. The zero-order chi connectivity index (χ0) is 21.6. The number of benzene rings is 3. The van der Waals surface area contributed by atoms with Gasteiger partial charge in [-0.1, -0.05) is 71.5 Å². The Bertz CT molecular complexity index is 1240. The molecular formula is C23H18ClN5S2. The van der Waals surface area contributed by atoms with Crippen LogP contribution in [0.25, 0.3) is 11.3 Å². The lowest BCUT2D eigenvalue weighted by atomic mass is 10.1. The number of aryl methyl sites for hydroxylation is 1. The van der Waals surface area contributed by atoms with E-state index in [4.69, 9.17) is 28.8 Å². The van der Waals surface area contributed by atoms with Crippen LogP contribution in [0.5, 0.6) is 0 Å². The molecule has 0 amide bonds. The fourth-order valence-electron chi connectivity index (χ4n) is 2.84. The van der Waals surface area contributed by atoms with Gasteiger partial charge in [0.25, 0.3) is 0 Å². The van der Waals surface area contributed by atoms with Crippen LogP contribution in [0, 0.1) is 6.92 Å². The molecule has 8 heteroatoms. The van der Waals surface area contributed by atoms with E-state index in [-0.39, 0.29) is 0 Å². The standard InChI is InChI=1S/C23H18ClN5S2/c1-15-8-7-11-17(14-15)28-29-21-20(18-12-5-6-13-19(18)24)26-23(31-21)27-22(30)25-16-9-3-2-4-10-16/h2-14H,1H3,(H2,25,26,27,30). The van der Waals surface area contributed by atoms with Crippen LogP contribution in [0.15, 0.2) is 89.1 Å². The Labute approximate surface area is 194 Å². The quantitative estimate of drug-likeness (QED) is 0.232. The third kappa shape index (κ3) is 5.52. The van der Waals surface area contributed by atoms with E-state index < -0.39 is 0 Å². The van der Waals surface area contributed by atoms with E-state index in [9.17, 15) is 0 Å². The second-order valence-electron chi connectivity index (χ2n) is 6.64. The summed E-state index contributed by atoms with van der Waals surface area (Å²) >= 11 is 13.2. The first-order valence-corrected chi connectivity index (χ1v) is 11.1. The minimum Gasteiger partial charge on any atom is -0.332 e. The van der Waals surface area contributed by atoms with Crippen molar-refractivity contribution in [2.75, 3.05) is 10.6 Å². The molecule has 2 N–H and O–H groups in total. The first kappa shape index (κ1) is 21.1. The number of para-hydroxylation sites is 1. The molecule has 0 saturated heterocycles. The van der Waals surface area contributed by atoms with Gasteiger partial charge < -0.3 is 10.6 Å². The highest BCUT2D eigenvalue weighted by Gasteiger charge is 2.16. The predicted octanol–water partition coefficient (Wildman–Crippen LogP) is 8.00. The number of hydrogen-bond acceptors (Lipinski definition) is 5. The largest absolute Gasteiger partial charge is 0.332 e. The van der Waals surface area contributed by atoms with Crippen molar-refractivity contribution in [3.05, 3.63) is 89.4 Å². The van der Waals surface area contributed by atoms with Gasteiger partial charge in [-0.15, -0.1) is 10.2 Å². The summed E-state index contributed by atoms with van der Waals surface area (Å²) in [5.74, 6) is 0. The maximum atomic E-state index is 6.42. The number of thiazole rings is 1. The molecule has 0 bridgehead atoms. The summed E-state index contributed by atoms with van der Waals surface area (Å²) in [6.07, 6.45) is 0. The summed E-state index contributed by atoms with van der Waals surface area (Å²) in [6.45, 7) is 2.02. The smallest absolute Gasteiger partial charge is 0.191 e. The molecule has 4 aromatic rings. The zero-order valence-electron chi connectivity index (χ0n) is 16.5. The van der Waals surface area contributed by atoms with Crippen molar-refractivity contribution in [1.29, 1.82) is 0 Å². The van der Waals surface area contributed by atoms with Gasteiger partial charge in [-0.2, -0.15) is 0 Å². The Kier molecular flexibility index (Phi) is 6.66. The highest BCUT2D eigenvalue weighted by atomic mass is 35.5. The van der Waals surface area contributed by atoms with Crippen LogP contribution in [0.3, 0.4) is 0 Å². The maximum absolute atomic E-state index is 6.42. The lowest BCUT2D eigenvalue weighted by Crippen LogP contribution is -2.18. The lowest BCUT2D eigenvalue weighted by Gasteiger charge is -2.07. The highest BCUT2D eigenvalue weighted by molar-refractivity contribution is 7.80. The first-order valence-electron chi connectivity index (χ1n) is 9.46. The summed E-state index contributed by atoms with van der Waals surface area (Å²) in [5, 5.41) is 17.4. The Balaban J connectivity index is 1.63. The molecule has 0 unspecified atom stereocenters. The molecule has 3 aromatic carbocycles. The number of azo groups is 1. The lowest BCUT2D eigenvalue weighted by molar-refractivity contribution is 1.23. The second-order valence-corrected chi connectivity index (χ2v) is 8.43. The van der Waals surface area contributed by atoms with E-state index in [1.165, 1.54) is 11.3 Å². The van der Waals surface area contributed by atoms with Crippen LogP contribution < -0.4 is 10.6 Å². The summed E-state index contributed by atoms with van der Waals surface area (Å²) in [4.78, 5) is 4.69. The average Bonchev–Trinajstić information content (AvgIpc) is 3.15. The van der Waals surface area contributed by atoms with E-state index in [0.717, 1.165) is 22.5 Å². The van der Waals surface area contributed by atoms with Gasteiger partial charge in [0.05, 0.1) is 10.7 Å². The topological polar surface area (TPSA) is 61.7 Å². The Morgan fingerprint density at radius 1 is 0.935 bits per heavy atom.